The molecule has 0 spiro atoms. The summed E-state index contributed by atoms with van der Waals surface area (Å²) in [4.78, 5) is 0. The van der Waals surface area contributed by atoms with Crippen LogP contribution in [0.1, 0.15) is 41.0 Å². The van der Waals surface area contributed by atoms with Gasteiger partial charge in [0, 0.05) is 30.9 Å². The van der Waals surface area contributed by atoms with Crippen LogP contribution < -0.4 is 10.1 Å². The molecule has 114 valence electrons. The lowest BCUT2D eigenvalue weighted by Crippen LogP contribution is -2.19. The second-order valence-electron chi connectivity index (χ2n) is 5.61. The summed E-state index contributed by atoms with van der Waals surface area (Å²) >= 11 is 0. The molecule has 2 rings (SSSR count). The predicted molar refractivity (Wildman–Crippen MR) is 85.7 cm³/mol. The first kappa shape index (κ1) is 15.6. The Balaban J connectivity index is 2.07. The molecule has 0 aliphatic heterocycles. The van der Waals surface area contributed by atoms with Crippen molar-refractivity contribution in [3.63, 3.8) is 0 Å². The molecule has 0 saturated heterocycles. The standard InChI is InChI=1S/C17H25N3O/c1-11-9-15(7-8-16(11)21-6)10-18-12(2)17-13(3)19-20(5)14(17)4/h7-9,12,18H,10H2,1-6H3. The predicted octanol–water partition coefficient (Wildman–Crippen LogP) is 3.20. The Bertz CT molecular complexity index is 631. The minimum atomic E-state index is 0.279. The van der Waals surface area contributed by atoms with Crippen molar-refractivity contribution in [2.45, 2.75) is 40.3 Å². The summed E-state index contributed by atoms with van der Waals surface area (Å²) in [5.41, 5.74) is 6.04. The van der Waals surface area contributed by atoms with Gasteiger partial charge in [0.05, 0.1) is 12.8 Å². The number of methoxy groups -OCH3 is 1. The average Bonchev–Trinajstić information content (AvgIpc) is 2.70. The minimum absolute atomic E-state index is 0.279. The summed E-state index contributed by atoms with van der Waals surface area (Å²) in [6, 6.07) is 6.58. The van der Waals surface area contributed by atoms with Crippen LogP contribution in [0.3, 0.4) is 0 Å². The molecule has 0 bridgehead atoms. The lowest BCUT2D eigenvalue weighted by atomic mass is 10.1. The number of rotatable bonds is 5. The highest BCUT2D eigenvalue weighted by molar-refractivity contribution is 5.36. The van der Waals surface area contributed by atoms with E-state index >= 15 is 0 Å². The Morgan fingerprint density at radius 3 is 2.52 bits per heavy atom. The lowest BCUT2D eigenvalue weighted by Gasteiger charge is -2.15. The zero-order chi connectivity index (χ0) is 15.6. The average molecular weight is 287 g/mol. The van der Waals surface area contributed by atoms with E-state index in [1.807, 2.05) is 17.8 Å². The molecule has 1 heterocycles. The molecule has 2 aromatic rings. The molecule has 1 aromatic carbocycles. The molecule has 21 heavy (non-hydrogen) atoms. The second-order valence-corrected chi connectivity index (χ2v) is 5.61. The van der Waals surface area contributed by atoms with Crippen LogP contribution in [0.4, 0.5) is 0 Å². The van der Waals surface area contributed by atoms with E-state index in [1.54, 1.807) is 7.11 Å². The van der Waals surface area contributed by atoms with Crippen molar-refractivity contribution in [2.24, 2.45) is 7.05 Å². The highest BCUT2D eigenvalue weighted by Gasteiger charge is 2.15. The molecule has 1 unspecified atom stereocenters. The topological polar surface area (TPSA) is 39.1 Å². The van der Waals surface area contributed by atoms with E-state index in [0.717, 1.165) is 23.6 Å². The molecule has 4 heteroatoms. The van der Waals surface area contributed by atoms with Gasteiger partial charge in [0.15, 0.2) is 0 Å². The Kier molecular flexibility index (Phi) is 4.68. The monoisotopic (exact) mass is 287 g/mol. The Morgan fingerprint density at radius 2 is 2.00 bits per heavy atom. The fourth-order valence-electron chi connectivity index (χ4n) is 2.84. The van der Waals surface area contributed by atoms with Gasteiger partial charge in [-0.2, -0.15) is 5.10 Å². The van der Waals surface area contributed by atoms with Gasteiger partial charge in [0.25, 0.3) is 0 Å². The Morgan fingerprint density at radius 1 is 1.29 bits per heavy atom. The quantitative estimate of drug-likeness (QED) is 0.918. The SMILES string of the molecule is COc1ccc(CNC(C)c2c(C)nn(C)c2C)cc1C. The summed E-state index contributed by atoms with van der Waals surface area (Å²) in [5, 5.41) is 8.06. The van der Waals surface area contributed by atoms with E-state index in [1.165, 1.54) is 16.8 Å². The van der Waals surface area contributed by atoms with Crippen molar-refractivity contribution in [3.05, 3.63) is 46.3 Å². The van der Waals surface area contributed by atoms with E-state index in [2.05, 4.69) is 50.2 Å². The van der Waals surface area contributed by atoms with Crippen LogP contribution in [0.25, 0.3) is 0 Å². The number of benzene rings is 1. The maximum absolute atomic E-state index is 5.30. The molecule has 1 N–H and O–H groups in total. The Hall–Kier alpha value is -1.81. The zero-order valence-electron chi connectivity index (χ0n) is 13.8. The van der Waals surface area contributed by atoms with E-state index < -0.39 is 0 Å². The normalized spacial score (nSPS) is 12.5. The maximum Gasteiger partial charge on any atom is 0.121 e. The molecule has 0 aliphatic carbocycles. The van der Waals surface area contributed by atoms with Gasteiger partial charge >= 0.3 is 0 Å². The van der Waals surface area contributed by atoms with Crippen LogP contribution in [0.5, 0.6) is 5.75 Å². The van der Waals surface area contributed by atoms with Gasteiger partial charge in [0.1, 0.15) is 5.75 Å². The van der Waals surface area contributed by atoms with Crippen LogP contribution in [0.15, 0.2) is 18.2 Å². The number of aryl methyl sites for hydroxylation is 3. The summed E-state index contributed by atoms with van der Waals surface area (Å²) < 4.78 is 7.24. The van der Waals surface area contributed by atoms with Gasteiger partial charge in [-0.3, -0.25) is 4.68 Å². The van der Waals surface area contributed by atoms with Crippen LogP contribution >= 0.6 is 0 Å². The van der Waals surface area contributed by atoms with Crippen molar-refractivity contribution in [2.75, 3.05) is 7.11 Å². The van der Waals surface area contributed by atoms with Crippen molar-refractivity contribution in [1.29, 1.82) is 0 Å². The van der Waals surface area contributed by atoms with Crippen LogP contribution in [0.2, 0.25) is 0 Å². The van der Waals surface area contributed by atoms with E-state index in [-0.39, 0.29) is 6.04 Å². The van der Waals surface area contributed by atoms with Crippen LogP contribution in [-0.4, -0.2) is 16.9 Å². The summed E-state index contributed by atoms with van der Waals surface area (Å²) in [7, 11) is 3.70. The first-order valence-electron chi connectivity index (χ1n) is 7.31. The molecule has 0 saturated carbocycles. The van der Waals surface area contributed by atoms with Crippen molar-refractivity contribution in [3.8, 4) is 5.75 Å². The van der Waals surface area contributed by atoms with Gasteiger partial charge in [-0.1, -0.05) is 12.1 Å². The molecule has 1 aromatic heterocycles. The fraction of sp³-hybridized carbons (Fsp3) is 0.471. The maximum atomic E-state index is 5.30. The van der Waals surface area contributed by atoms with Gasteiger partial charge < -0.3 is 10.1 Å². The van der Waals surface area contributed by atoms with E-state index in [9.17, 15) is 0 Å². The van der Waals surface area contributed by atoms with Gasteiger partial charge in [-0.15, -0.1) is 0 Å². The third-order valence-electron chi connectivity index (χ3n) is 4.07. The molecule has 1 atom stereocenters. The second kappa shape index (κ2) is 6.31. The molecule has 0 fully saturated rings. The van der Waals surface area contributed by atoms with Gasteiger partial charge in [-0.05, 0) is 44.9 Å². The third kappa shape index (κ3) is 3.27. The van der Waals surface area contributed by atoms with Crippen molar-refractivity contribution >= 4 is 0 Å². The Labute approximate surface area is 127 Å². The molecular weight excluding hydrogens is 262 g/mol. The summed E-state index contributed by atoms with van der Waals surface area (Å²) in [6.45, 7) is 9.28. The zero-order valence-corrected chi connectivity index (χ0v) is 13.8. The first-order valence-corrected chi connectivity index (χ1v) is 7.31. The van der Waals surface area contributed by atoms with Crippen LogP contribution in [-0.2, 0) is 13.6 Å². The fourth-order valence-corrected chi connectivity index (χ4v) is 2.84. The minimum Gasteiger partial charge on any atom is -0.496 e. The van der Waals surface area contributed by atoms with Gasteiger partial charge in [-0.25, -0.2) is 0 Å². The van der Waals surface area contributed by atoms with Crippen LogP contribution in [0, 0.1) is 20.8 Å². The smallest absolute Gasteiger partial charge is 0.121 e. The summed E-state index contributed by atoms with van der Waals surface area (Å²) in [5.74, 6) is 0.936. The van der Waals surface area contributed by atoms with E-state index in [4.69, 9.17) is 4.74 Å². The molecule has 0 radical (unpaired) electrons. The number of nitrogens with one attached hydrogen (secondary N) is 1. The number of ether oxygens (including phenoxy) is 1. The molecule has 4 nitrogen and oxygen atoms in total. The van der Waals surface area contributed by atoms with Crippen molar-refractivity contribution < 1.29 is 4.74 Å². The molecular formula is C17H25N3O. The van der Waals surface area contributed by atoms with Gasteiger partial charge in [0.2, 0.25) is 0 Å². The number of hydrogen-bond acceptors (Lipinski definition) is 3. The third-order valence-corrected chi connectivity index (χ3v) is 4.07. The van der Waals surface area contributed by atoms with E-state index in [0.29, 0.717) is 0 Å². The lowest BCUT2D eigenvalue weighted by molar-refractivity contribution is 0.411. The molecule has 0 amide bonds. The van der Waals surface area contributed by atoms with Crippen molar-refractivity contribution in [1.82, 2.24) is 15.1 Å². The number of hydrogen-bond donors (Lipinski definition) is 1. The largest absolute Gasteiger partial charge is 0.496 e. The number of nitrogens with zero attached hydrogens (tertiary/aromatic N) is 2. The number of aromatic nitrogens is 2. The highest BCUT2D eigenvalue weighted by Crippen LogP contribution is 2.22. The first-order chi connectivity index (χ1) is 9.93. The highest BCUT2D eigenvalue weighted by atomic mass is 16.5. The summed E-state index contributed by atoms with van der Waals surface area (Å²) in [6.07, 6.45) is 0. The molecule has 0 aliphatic rings.